The molecule has 2 aromatic heterocycles. The van der Waals surface area contributed by atoms with E-state index in [2.05, 4.69) is 22.0 Å². The number of nitrogens with zero attached hydrogens (tertiary/aromatic N) is 2. The summed E-state index contributed by atoms with van der Waals surface area (Å²) < 4.78 is 1.49. The molecule has 0 saturated carbocycles. The lowest BCUT2D eigenvalue weighted by Gasteiger charge is -2.05. The molecule has 0 fully saturated rings. The van der Waals surface area contributed by atoms with Crippen LogP contribution in [0.4, 0.5) is 5.69 Å². The number of H-pyrrole nitrogens is 1. The number of hydrogen-bond acceptors (Lipinski definition) is 3. The fraction of sp³-hybridized carbons (Fsp3) is 0.0476. The van der Waals surface area contributed by atoms with Crippen LogP contribution >= 0.6 is 0 Å². The normalized spacial score (nSPS) is 11.8. The Balaban J connectivity index is 1.80. The maximum Gasteiger partial charge on any atom is 0.280 e. The zero-order chi connectivity index (χ0) is 18.1. The van der Waals surface area contributed by atoms with Crippen molar-refractivity contribution < 1.29 is 0 Å². The van der Waals surface area contributed by atoms with Crippen molar-refractivity contribution in [2.75, 3.05) is 5.32 Å². The van der Waals surface area contributed by atoms with Crippen LogP contribution in [0.5, 0.6) is 0 Å². The van der Waals surface area contributed by atoms with E-state index < -0.39 is 0 Å². The van der Waals surface area contributed by atoms with E-state index in [0.717, 1.165) is 28.0 Å². The van der Waals surface area contributed by atoms with Crippen LogP contribution < -0.4 is 21.4 Å². The van der Waals surface area contributed by atoms with Crippen LogP contribution in [-0.4, -0.2) is 14.8 Å². The topological polar surface area (TPSA) is 62.7 Å². The Labute approximate surface area is 149 Å². The van der Waals surface area contributed by atoms with Gasteiger partial charge in [0.25, 0.3) is 5.56 Å². The van der Waals surface area contributed by atoms with Gasteiger partial charge in [0.1, 0.15) is 0 Å². The lowest BCUT2D eigenvalue weighted by atomic mass is 10.2. The molecular formula is C21H18N4O. The van der Waals surface area contributed by atoms with Crippen molar-refractivity contribution in [2.24, 2.45) is 0 Å². The number of para-hydroxylation sites is 2. The van der Waals surface area contributed by atoms with E-state index in [4.69, 9.17) is 0 Å². The van der Waals surface area contributed by atoms with Gasteiger partial charge in [0.2, 0.25) is 0 Å². The molecule has 5 nitrogen and oxygen atoms in total. The quantitative estimate of drug-likeness (QED) is 0.600. The van der Waals surface area contributed by atoms with E-state index in [1.165, 1.54) is 4.68 Å². The maximum atomic E-state index is 12.7. The van der Waals surface area contributed by atoms with E-state index in [1.807, 2.05) is 67.6 Å². The standard InChI is InChI=1S/C21H18N4O/c1-14-11-12-16-7-6-10-19(20(16)23-14)22-13-18-15(2)24-25(21(18)26)17-8-4-3-5-9-17/h3-13,22,24H,2H2,1H3. The summed E-state index contributed by atoms with van der Waals surface area (Å²) in [5.74, 6) is 0. The predicted molar refractivity (Wildman–Crippen MR) is 106 cm³/mol. The van der Waals surface area contributed by atoms with Crippen LogP contribution in [0.15, 0.2) is 65.5 Å². The van der Waals surface area contributed by atoms with Gasteiger partial charge in [-0.2, -0.15) is 0 Å². The minimum Gasteiger partial charge on any atom is -0.359 e. The number of benzene rings is 2. The molecule has 0 amide bonds. The fourth-order valence-electron chi connectivity index (χ4n) is 2.91. The van der Waals surface area contributed by atoms with Gasteiger partial charge < -0.3 is 5.32 Å². The molecule has 0 unspecified atom stereocenters. The summed E-state index contributed by atoms with van der Waals surface area (Å²) >= 11 is 0. The molecule has 0 aliphatic rings. The average Bonchev–Trinajstić information content (AvgIpc) is 2.95. The van der Waals surface area contributed by atoms with Gasteiger partial charge in [-0.15, -0.1) is 0 Å². The van der Waals surface area contributed by atoms with Crippen LogP contribution in [0.1, 0.15) is 5.69 Å². The van der Waals surface area contributed by atoms with Gasteiger partial charge >= 0.3 is 0 Å². The van der Waals surface area contributed by atoms with Gasteiger partial charge in [0, 0.05) is 17.3 Å². The number of nitrogens with one attached hydrogen (secondary N) is 2. The van der Waals surface area contributed by atoms with Crippen LogP contribution in [0.2, 0.25) is 0 Å². The van der Waals surface area contributed by atoms with Gasteiger partial charge in [0.15, 0.2) is 0 Å². The Hall–Kier alpha value is -3.60. The maximum absolute atomic E-state index is 12.7. The first-order chi connectivity index (χ1) is 12.6. The first-order valence-corrected chi connectivity index (χ1v) is 8.32. The molecule has 2 N–H and O–H groups in total. The second-order valence-electron chi connectivity index (χ2n) is 6.10. The van der Waals surface area contributed by atoms with Crippen molar-refractivity contribution in [2.45, 2.75) is 6.92 Å². The SMILES string of the molecule is C=c1[nH]n(-c2ccccc2)c(=O)c1=CNc1cccc2ccc(C)nc12. The molecule has 26 heavy (non-hydrogen) atoms. The molecule has 4 rings (SSSR count). The highest BCUT2D eigenvalue weighted by Crippen LogP contribution is 2.21. The second-order valence-corrected chi connectivity index (χ2v) is 6.10. The summed E-state index contributed by atoms with van der Waals surface area (Å²) in [6.07, 6.45) is 1.68. The van der Waals surface area contributed by atoms with Crippen LogP contribution in [0, 0.1) is 6.92 Å². The van der Waals surface area contributed by atoms with Crippen LogP contribution in [0.3, 0.4) is 0 Å². The molecule has 0 aliphatic carbocycles. The van der Waals surface area contributed by atoms with Crippen molar-refractivity contribution in [3.05, 3.63) is 87.3 Å². The van der Waals surface area contributed by atoms with Crippen molar-refractivity contribution in [3.8, 4) is 5.69 Å². The lowest BCUT2D eigenvalue weighted by molar-refractivity contribution is 0.838. The van der Waals surface area contributed by atoms with E-state index in [0.29, 0.717) is 10.6 Å². The molecule has 128 valence electrons. The first-order valence-electron chi connectivity index (χ1n) is 8.32. The molecule has 0 atom stereocenters. The molecule has 0 saturated heterocycles. The number of hydrogen-bond donors (Lipinski definition) is 2. The molecule has 0 spiro atoms. The zero-order valence-electron chi connectivity index (χ0n) is 14.4. The highest BCUT2D eigenvalue weighted by atomic mass is 16.1. The van der Waals surface area contributed by atoms with Crippen molar-refractivity contribution >= 4 is 29.4 Å². The number of rotatable bonds is 3. The summed E-state index contributed by atoms with van der Waals surface area (Å²) in [5.41, 5.74) is 3.27. The lowest BCUT2D eigenvalue weighted by Crippen LogP contribution is -2.34. The molecule has 0 radical (unpaired) electrons. The molecule has 2 aromatic carbocycles. The van der Waals surface area contributed by atoms with Gasteiger partial charge in [0.05, 0.1) is 27.5 Å². The first kappa shape index (κ1) is 15.9. The fourth-order valence-corrected chi connectivity index (χ4v) is 2.91. The number of aromatic nitrogens is 3. The second kappa shape index (κ2) is 6.37. The van der Waals surface area contributed by atoms with Gasteiger partial charge in [-0.05, 0) is 31.2 Å². The minimum absolute atomic E-state index is 0.155. The summed E-state index contributed by atoms with van der Waals surface area (Å²) in [6.45, 7) is 5.91. The largest absolute Gasteiger partial charge is 0.359 e. The van der Waals surface area contributed by atoms with E-state index >= 15 is 0 Å². The van der Waals surface area contributed by atoms with Crippen molar-refractivity contribution in [3.63, 3.8) is 0 Å². The van der Waals surface area contributed by atoms with Crippen LogP contribution in [-0.2, 0) is 0 Å². The summed E-state index contributed by atoms with van der Waals surface area (Å²) in [7, 11) is 0. The Morgan fingerprint density at radius 2 is 1.88 bits per heavy atom. The summed E-state index contributed by atoms with van der Waals surface area (Å²) in [5, 5.41) is 8.31. The molecule has 4 aromatic rings. The third-order valence-corrected chi connectivity index (χ3v) is 4.25. The summed E-state index contributed by atoms with van der Waals surface area (Å²) in [6, 6.07) is 19.3. The highest BCUT2D eigenvalue weighted by molar-refractivity contribution is 5.91. The van der Waals surface area contributed by atoms with E-state index in [9.17, 15) is 4.79 Å². The van der Waals surface area contributed by atoms with E-state index in [-0.39, 0.29) is 5.56 Å². The predicted octanol–water partition coefficient (Wildman–Crippen LogP) is 2.28. The number of aromatic amines is 1. The Kier molecular flexibility index (Phi) is 3.89. The third kappa shape index (κ3) is 2.80. The average molecular weight is 342 g/mol. The number of pyridine rings is 1. The Morgan fingerprint density at radius 1 is 1.08 bits per heavy atom. The zero-order valence-corrected chi connectivity index (χ0v) is 14.4. The molecule has 5 heteroatoms. The Bertz CT molecular complexity index is 1250. The van der Waals surface area contributed by atoms with Gasteiger partial charge in [-0.25, -0.2) is 4.68 Å². The molecule has 2 heterocycles. The third-order valence-electron chi connectivity index (χ3n) is 4.25. The number of fused-ring (bicyclic) bond motifs is 1. The van der Waals surface area contributed by atoms with Gasteiger partial charge in [-0.3, -0.25) is 14.9 Å². The molecule has 0 aliphatic heterocycles. The molecular weight excluding hydrogens is 324 g/mol. The minimum atomic E-state index is -0.155. The van der Waals surface area contributed by atoms with Crippen molar-refractivity contribution in [1.82, 2.24) is 14.8 Å². The Morgan fingerprint density at radius 3 is 2.69 bits per heavy atom. The van der Waals surface area contributed by atoms with Gasteiger partial charge in [-0.1, -0.05) is 43.0 Å². The smallest absolute Gasteiger partial charge is 0.280 e. The van der Waals surface area contributed by atoms with Crippen LogP contribution in [0.25, 0.3) is 29.4 Å². The van der Waals surface area contributed by atoms with E-state index in [1.54, 1.807) is 6.20 Å². The highest BCUT2D eigenvalue weighted by Gasteiger charge is 2.05. The van der Waals surface area contributed by atoms with Crippen molar-refractivity contribution in [1.29, 1.82) is 0 Å². The molecule has 0 bridgehead atoms. The summed E-state index contributed by atoms with van der Waals surface area (Å²) in [4.78, 5) is 17.3. The number of aryl methyl sites for hydroxylation is 1. The number of anilines is 1. The monoisotopic (exact) mass is 342 g/mol.